The largest absolute Gasteiger partial charge is 0.465 e. The van der Waals surface area contributed by atoms with Crippen LogP contribution in [0.1, 0.15) is 227 Å². The van der Waals surface area contributed by atoms with Crippen LogP contribution in [-0.2, 0) is 19.1 Å². The van der Waals surface area contributed by atoms with Gasteiger partial charge in [-0.3, -0.25) is 9.59 Å². The van der Waals surface area contributed by atoms with Crippen LogP contribution in [0, 0.1) is 11.8 Å². The molecule has 0 spiro atoms. The van der Waals surface area contributed by atoms with Crippen molar-refractivity contribution in [2.24, 2.45) is 11.8 Å². The standard InChI is InChI=1S/C47H91NO5/c1-5-9-13-17-19-25-34-44(32-23-15-11-7-3)42-52-46(50)36-27-21-29-38-48(40-31-41-49)39-30-22-28-37-47(51)53-43-45(33-24-16-12-8-4)35-26-20-18-14-10-6-2/h9,13,44-45,49H,5-8,10-12,14-43H2,1-4H3/b13-9+. The lowest BCUT2D eigenvalue weighted by Gasteiger charge is -2.22. The monoisotopic (exact) mass is 750 g/mol. The summed E-state index contributed by atoms with van der Waals surface area (Å²) in [6, 6.07) is 0. The van der Waals surface area contributed by atoms with E-state index in [2.05, 4.69) is 44.7 Å². The Kier molecular flexibility index (Phi) is 40.7. The van der Waals surface area contributed by atoms with Crippen LogP contribution in [-0.4, -0.2) is 61.4 Å². The molecule has 0 rings (SSSR count). The van der Waals surface area contributed by atoms with Gasteiger partial charge in [-0.05, 0) is 102 Å². The summed E-state index contributed by atoms with van der Waals surface area (Å²) in [5.74, 6) is 0.947. The van der Waals surface area contributed by atoms with E-state index in [-0.39, 0.29) is 18.5 Å². The number of ether oxygens (including phenoxy) is 2. The average molecular weight is 750 g/mol. The molecule has 0 aliphatic heterocycles. The maximum Gasteiger partial charge on any atom is 0.305 e. The van der Waals surface area contributed by atoms with Gasteiger partial charge in [-0.1, -0.05) is 149 Å². The van der Waals surface area contributed by atoms with Gasteiger partial charge in [0.1, 0.15) is 0 Å². The van der Waals surface area contributed by atoms with E-state index < -0.39 is 0 Å². The van der Waals surface area contributed by atoms with Crippen molar-refractivity contribution in [1.29, 1.82) is 0 Å². The maximum atomic E-state index is 12.6. The Balaban J connectivity index is 4.32. The molecule has 0 aromatic rings. The third-order valence-corrected chi connectivity index (χ3v) is 10.8. The highest BCUT2D eigenvalue weighted by Gasteiger charge is 2.14. The van der Waals surface area contributed by atoms with Crippen LogP contribution in [0.15, 0.2) is 12.2 Å². The van der Waals surface area contributed by atoms with Crippen molar-refractivity contribution in [3.05, 3.63) is 12.2 Å². The summed E-state index contributed by atoms with van der Waals surface area (Å²) >= 11 is 0. The summed E-state index contributed by atoms with van der Waals surface area (Å²) in [7, 11) is 0. The molecular weight excluding hydrogens is 659 g/mol. The highest BCUT2D eigenvalue weighted by atomic mass is 16.5. The number of allylic oxidation sites excluding steroid dienone is 2. The second-order valence-corrected chi connectivity index (χ2v) is 16.1. The van der Waals surface area contributed by atoms with Gasteiger partial charge in [0.25, 0.3) is 0 Å². The van der Waals surface area contributed by atoms with E-state index in [4.69, 9.17) is 9.47 Å². The fourth-order valence-electron chi connectivity index (χ4n) is 7.29. The van der Waals surface area contributed by atoms with Crippen LogP contribution in [0.4, 0.5) is 0 Å². The van der Waals surface area contributed by atoms with E-state index in [1.807, 2.05) is 0 Å². The summed E-state index contributed by atoms with van der Waals surface area (Å²) in [5.41, 5.74) is 0. The number of hydrogen-bond acceptors (Lipinski definition) is 6. The lowest BCUT2D eigenvalue weighted by Crippen LogP contribution is -2.28. The van der Waals surface area contributed by atoms with Gasteiger partial charge in [-0.25, -0.2) is 0 Å². The molecule has 1 N–H and O–H groups in total. The molecule has 0 aliphatic rings. The third-order valence-electron chi connectivity index (χ3n) is 10.8. The van der Waals surface area contributed by atoms with Crippen LogP contribution >= 0.6 is 0 Å². The lowest BCUT2D eigenvalue weighted by molar-refractivity contribution is -0.146. The maximum absolute atomic E-state index is 12.6. The predicted octanol–water partition coefficient (Wildman–Crippen LogP) is 13.3. The van der Waals surface area contributed by atoms with Gasteiger partial charge >= 0.3 is 11.9 Å². The average Bonchev–Trinajstić information content (AvgIpc) is 3.16. The molecule has 0 aromatic heterocycles. The predicted molar refractivity (Wildman–Crippen MR) is 227 cm³/mol. The number of unbranched alkanes of at least 4 members (excludes halogenated alkanes) is 17. The van der Waals surface area contributed by atoms with E-state index >= 15 is 0 Å². The highest BCUT2D eigenvalue weighted by Crippen LogP contribution is 2.21. The molecule has 2 unspecified atom stereocenters. The van der Waals surface area contributed by atoms with Gasteiger partial charge in [0, 0.05) is 26.0 Å². The zero-order chi connectivity index (χ0) is 38.9. The molecule has 0 heterocycles. The molecule has 0 aromatic carbocycles. The Labute approximate surface area is 330 Å². The zero-order valence-corrected chi connectivity index (χ0v) is 36.0. The van der Waals surface area contributed by atoms with Crippen LogP contribution in [0.5, 0.6) is 0 Å². The highest BCUT2D eigenvalue weighted by molar-refractivity contribution is 5.69. The van der Waals surface area contributed by atoms with Gasteiger partial charge in [-0.15, -0.1) is 0 Å². The molecule has 0 saturated carbocycles. The quantitative estimate of drug-likeness (QED) is 0.0380. The smallest absolute Gasteiger partial charge is 0.305 e. The number of hydrogen-bond donors (Lipinski definition) is 1. The number of nitrogens with zero attached hydrogens (tertiary/aromatic N) is 1. The van der Waals surface area contributed by atoms with Crippen molar-refractivity contribution in [2.75, 3.05) is 39.5 Å². The molecule has 6 nitrogen and oxygen atoms in total. The Hall–Kier alpha value is -1.40. The molecule has 0 radical (unpaired) electrons. The number of esters is 2. The first kappa shape index (κ1) is 51.6. The van der Waals surface area contributed by atoms with E-state index in [1.165, 1.54) is 122 Å². The Morgan fingerprint density at radius 2 is 0.887 bits per heavy atom. The molecular formula is C47H91NO5. The van der Waals surface area contributed by atoms with Gasteiger partial charge in [-0.2, -0.15) is 0 Å². The molecule has 53 heavy (non-hydrogen) atoms. The van der Waals surface area contributed by atoms with Crippen molar-refractivity contribution in [3.63, 3.8) is 0 Å². The second kappa shape index (κ2) is 41.8. The summed E-state index contributed by atoms with van der Waals surface area (Å²) in [4.78, 5) is 27.6. The number of rotatable bonds is 42. The van der Waals surface area contributed by atoms with Gasteiger partial charge in [0.2, 0.25) is 0 Å². The van der Waals surface area contributed by atoms with Crippen molar-refractivity contribution in [1.82, 2.24) is 4.90 Å². The fourth-order valence-corrected chi connectivity index (χ4v) is 7.29. The van der Waals surface area contributed by atoms with Crippen LogP contribution in [0.2, 0.25) is 0 Å². The summed E-state index contributed by atoms with van der Waals surface area (Å²) in [6.07, 6.45) is 39.7. The topological polar surface area (TPSA) is 76.1 Å². The van der Waals surface area contributed by atoms with Crippen LogP contribution in [0.3, 0.4) is 0 Å². The number of aliphatic hydroxyl groups excluding tert-OH is 1. The molecule has 0 aliphatic carbocycles. The summed E-state index contributed by atoms with van der Waals surface area (Å²) < 4.78 is 11.6. The minimum Gasteiger partial charge on any atom is -0.465 e. The van der Waals surface area contributed by atoms with Gasteiger partial charge in [0.15, 0.2) is 0 Å². The van der Waals surface area contributed by atoms with E-state index in [0.29, 0.717) is 37.9 Å². The molecule has 2 atom stereocenters. The van der Waals surface area contributed by atoms with Crippen LogP contribution < -0.4 is 0 Å². The lowest BCUT2D eigenvalue weighted by atomic mass is 9.95. The number of carbonyl (C=O) groups is 2. The molecule has 0 fully saturated rings. The van der Waals surface area contributed by atoms with Crippen molar-refractivity contribution in [3.8, 4) is 0 Å². The zero-order valence-electron chi connectivity index (χ0n) is 36.0. The molecule has 0 saturated heterocycles. The first-order valence-corrected chi connectivity index (χ1v) is 23.3. The molecule has 6 heteroatoms. The van der Waals surface area contributed by atoms with E-state index in [1.54, 1.807) is 0 Å². The van der Waals surface area contributed by atoms with E-state index in [0.717, 1.165) is 83.8 Å². The SMILES string of the molecule is CC/C=C/CCCCC(CCCCCC)COC(=O)CCCCCN(CCCO)CCCCCC(=O)OCC(CCCCCC)CCCCCCCC. The first-order chi connectivity index (χ1) is 26.0. The van der Waals surface area contributed by atoms with Crippen molar-refractivity contribution in [2.45, 2.75) is 227 Å². The summed E-state index contributed by atoms with van der Waals surface area (Å²) in [5, 5.41) is 9.43. The van der Waals surface area contributed by atoms with Gasteiger partial charge < -0.3 is 19.5 Å². The molecule has 314 valence electrons. The Bertz CT molecular complexity index is 802. The minimum atomic E-state index is -0.0367. The molecule has 0 amide bonds. The Morgan fingerprint density at radius 1 is 0.491 bits per heavy atom. The fraction of sp³-hybridized carbons (Fsp3) is 0.915. The first-order valence-electron chi connectivity index (χ1n) is 23.3. The van der Waals surface area contributed by atoms with Crippen molar-refractivity contribution >= 4 is 11.9 Å². The third kappa shape index (κ3) is 37.3. The number of aliphatic hydroxyl groups is 1. The van der Waals surface area contributed by atoms with Crippen molar-refractivity contribution < 1.29 is 24.2 Å². The minimum absolute atomic E-state index is 0.0277. The van der Waals surface area contributed by atoms with E-state index in [9.17, 15) is 14.7 Å². The second-order valence-electron chi connectivity index (χ2n) is 16.1. The number of carbonyl (C=O) groups excluding carboxylic acids is 2. The summed E-state index contributed by atoms with van der Waals surface area (Å²) in [6.45, 7) is 13.2. The van der Waals surface area contributed by atoms with Crippen LogP contribution in [0.25, 0.3) is 0 Å². The molecule has 0 bridgehead atoms. The normalized spacial score (nSPS) is 12.9. The Morgan fingerprint density at radius 3 is 1.34 bits per heavy atom. The van der Waals surface area contributed by atoms with Gasteiger partial charge in [0.05, 0.1) is 13.2 Å².